The van der Waals surface area contributed by atoms with E-state index in [9.17, 15) is 0 Å². The monoisotopic (exact) mass is 276 g/mol. The molecule has 19 heavy (non-hydrogen) atoms. The molecule has 0 fully saturated rings. The number of hydrogen-bond donors (Lipinski definition) is 2. The second kappa shape index (κ2) is 6.11. The molecule has 0 saturated carbocycles. The van der Waals surface area contributed by atoms with Gasteiger partial charge in [-0.3, -0.25) is 0 Å². The molecule has 3 nitrogen and oxygen atoms in total. The van der Waals surface area contributed by atoms with E-state index < -0.39 is 7.32 Å². The number of halogens is 1. The quantitative estimate of drug-likeness (QED) is 0.844. The molecule has 5 heteroatoms. The Labute approximate surface area is 117 Å². The Morgan fingerprint density at radius 1 is 1.05 bits per heavy atom. The Kier molecular flexibility index (Phi) is 4.48. The van der Waals surface area contributed by atoms with Crippen LogP contribution in [0.15, 0.2) is 42.5 Å². The van der Waals surface area contributed by atoms with E-state index in [1.807, 2.05) is 43.3 Å². The van der Waals surface area contributed by atoms with E-state index in [2.05, 4.69) is 0 Å². The highest BCUT2D eigenvalue weighted by Gasteiger charge is 2.14. The van der Waals surface area contributed by atoms with Gasteiger partial charge in [0.15, 0.2) is 0 Å². The summed E-state index contributed by atoms with van der Waals surface area (Å²) in [4.78, 5) is 0. The molecule has 2 aromatic rings. The summed E-state index contributed by atoms with van der Waals surface area (Å²) in [7, 11) is -1.81. The summed E-state index contributed by atoms with van der Waals surface area (Å²) in [6, 6.07) is 13.1. The fraction of sp³-hybridized carbons (Fsp3) is 0.143. The lowest BCUT2D eigenvalue weighted by Crippen LogP contribution is -2.21. The highest BCUT2D eigenvalue weighted by Crippen LogP contribution is 2.28. The lowest BCUT2D eigenvalue weighted by atomic mass is 10.0. The van der Waals surface area contributed by atoms with Gasteiger partial charge in [0.2, 0.25) is 0 Å². The minimum Gasteiger partial charge on any atom is -0.512 e. The van der Waals surface area contributed by atoms with Crippen molar-refractivity contribution in [3.63, 3.8) is 0 Å². The Balaban J connectivity index is 2.39. The summed E-state index contributed by atoms with van der Waals surface area (Å²) >= 11 is 5.86. The SMILES string of the molecule is CCc1ccc(-c2ccc(Cl)cc2)cc1OB(O)O. The highest BCUT2D eigenvalue weighted by molar-refractivity contribution is 6.33. The van der Waals surface area contributed by atoms with E-state index in [1.165, 1.54) is 0 Å². The van der Waals surface area contributed by atoms with E-state index in [0.717, 1.165) is 23.1 Å². The normalized spacial score (nSPS) is 10.3. The molecule has 2 rings (SSSR count). The fourth-order valence-electron chi connectivity index (χ4n) is 1.89. The van der Waals surface area contributed by atoms with Crippen LogP contribution in [-0.2, 0) is 6.42 Å². The maximum Gasteiger partial charge on any atom is 0.707 e. The number of hydrogen-bond acceptors (Lipinski definition) is 3. The maximum atomic E-state index is 8.94. The first-order chi connectivity index (χ1) is 9.10. The lowest BCUT2D eigenvalue weighted by molar-refractivity contribution is 0.287. The molecule has 0 atom stereocenters. The highest BCUT2D eigenvalue weighted by atomic mass is 35.5. The van der Waals surface area contributed by atoms with Gasteiger partial charge in [-0.2, -0.15) is 0 Å². The van der Waals surface area contributed by atoms with Crippen LogP contribution in [0, 0.1) is 0 Å². The molecule has 0 aliphatic carbocycles. The summed E-state index contributed by atoms with van der Waals surface area (Å²) < 4.78 is 5.01. The molecule has 0 bridgehead atoms. The molecule has 0 aliphatic rings. The Bertz CT molecular complexity index is 555. The second-order valence-electron chi connectivity index (χ2n) is 4.13. The van der Waals surface area contributed by atoms with Gasteiger partial charge >= 0.3 is 7.32 Å². The zero-order valence-corrected chi connectivity index (χ0v) is 11.3. The predicted octanol–water partition coefficient (Wildman–Crippen LogP) is 2.92. The van der Waals surface area contributed by atoms with E-state index in [4.69, 9.17) is 26.3 Å². The Morgan fingerprint density at radius 3 is 2.26 bits per heavy atom. The third kappa shape index (κ3) is 3.50. The molecule has 0 spiro atoms. The summed E-state index contributed by atoms with van der Waals surface area (Å²) in [6.07, 6.45) is 0.753. The van der Waals surface area contributed by atoms with Crippen molar-refractivity contribution < 1.29 is 14.7 Å². The van der Waals surface area contributed by atoms with Crippen molar-refractivity contribution in [1.29, 1.82) is 0 Å². The van der Waals surface area contributed by atoms with Crippen LogP contribution in [0.4, 0.5) is 0 Å². The van der Waals surface area contributed by atoms with Gasteiger partial charge in [0.1, 0.15) is 5.75 Å². The summed E-state index contributed by atoms with van der Waals surface area (Å²) in [5.41, 5.74) is 2.85. The minimum absolute atomic E-state index is 0.477. The predicted molar refractivity (Wildman–Crippen MR) is 77.1 cm³/mol. The summed E-state index contributed by atoms with van der Waals surface area (Å²) in [5.74, 6) is 0.477. The van der Waals surface area contributed by atoms with E-state index >= 15 is 0 Å². The maximum absolute atomic E-state index is 8.94. The third-order valence-electron chi connectivity index (χ3n) is 2.86. The molecule has 2 N–H and O–H groups in total. The van der Waals surface area contributed by atoms with E-state index in [-0.39, 0.29) is 0 Å². The van der Waals surface area contributed by atoms with Gasteiger partial charge in [0.05, 0.1) is 0 Å². The summed E-state index contributed by atoms with van der Waals surface area (Å²) in [6.45, 7) is 1.98. The molecular formula is C14H14BClO3. The van der Waals surface area contributed by atoms with Gasteiger partial charge in [0, 0.05) is 5.02 Å². The largest absolute Gasteiger partial charge is 0.707 e. The molecule has 0 saturated heterocycles. The van der Waals surface area contributed by atoms with Crippen LogP contribution in [0.2, 0.25) is 5.02 Å². The molecule has 0 radical (unpaired) electrons. The van der Waals surface area contributed by atoms with E-state index in [1.54, 1.807) is 6.07 Å². The molecule has 0 aromatic heterocycles. The minimum atomic E-state index is -1.81. The van der Waals surface area contributed by atoms with Crippen LogP contribution in [0.5, 0.6) is 5.75 Å². The smallest absolute Gasteiger partial charge is 0.512 e. The van der Waals surface area contributed by atoms with Crippen LogP contribution in [0.1, 0.15) is 12.5 Å². The van der Waals surface area contributed by atoms with Crippen molar-refractivity contribution in [1.82, 2.24) is 0 Å². The first-order valence-electron chi connectivity index (χ1n) is 6.02. The summed E-state index contributed by atoms with van der Waals surface area (Å²) in [5, 5.41) is 18.6. The molecule has 0 unspecified atom stereocenters. The lowest BCUT2D eigenvalue weighted by Gasteiger charge is -2.12. The van der Waals surface area contributed by atoms with Crippen LogP contribution in [-0.4, -0.2) is 17.4 Å². The van der Waals surface area contributed by atoms with Crippen molar-refractivity contribution >= 4 is 18.9 Å². The third-order valence-corrected chi connectivity index (χ3v) is 3.11. The standard InChI is InChI=1S/C14H14BClO3/c1-2-10-3-4-12(9-14(10)19-15(17)18)11-5-7-13(16)8-6-11/h3-9,17-18H,2H2,1H3. The van der Waals surface area contributed by atoms with Crippen molar-refractivity contribution in [2.45, 2.75) is 13.3 Å². The van der Waals surface area contributed by atoms with Gasteiger partial charge in [-0.25, -0.2) is 0 Å². The molecule has 0 heterocycles. The van der Waals surface area contributed by atoms with Crippen molar-refractivity contribution in [2.75, 3.05) is 0 Å². The van der Waals surface area contributed by atoms with Crippen LogP contribution in [0.3, 0.4) is 0 Å². The Hall–Kier alpha value is -1.49. The molecule has 0 amide bonds. The van der Waals surface area contributed by atoms with Crippen LogP contribution in [0.25, 0.3) is 11.1 Å². The molecule has 2 aromatic carbocycles. The van der Waals surface area contributed by atoms with E-state index in [0.29, 0.717) is 10.8 Å². The van der Waals surface area contributed by atoms with Crippen molar-refractivity contribution in [2.24, 2.45) is 0 Å². The van der Waals surface area contributed by atoms with Crippen LogP contribution >= 0.6 is 11.6 Å². The molecular weight excluding hydrogens is 262 g/mol. The van der Waals surface area contributed by atoms with Gasteiger partial charge in [0.25, 0.3) is 0 Å². The average molecular weight is 277 g/mol. The van der Waals surface area contributed by atoms with Gasteiger partial charge in [-0.05, 0) is 41.3 Å². The molecule has 0 aliphatic heterocycles. The van der Waals surface area contributed by atoms with Gasteiger partial charge < -0.3 is 14.7 Å². The van der Waals surface area contributed by atoms with Crippen LogP contribution < -0.4 is 4.65 Å². The van der Waals surface area contributed by atoms with Crippen molar-refractivity contribution in [3.05, 3.63) is 53.1 Å². The average Bonchev–Trinajstić information content (AvgIpc) is 2.39. The van der Waals surface area contributed by atoms with Gasteiger partial charge in [-0.1, -0.05) is 42.8 Å². The topological polar surface area (TPSA) is 49.7 Å². The first-order valence-corrected chi connectivity index (χ1v) is 6.39. The van der Waals surface area contributed by atoms with Crippen molar-refractivity contribution in [3.8, 4) is 16.9 Å². The zero-order valence-electron chi connectivity index (χ0n) is 10.5. The fourth-order valence-corrected chi connectivity index (χ4v) is 2.02. The number of aryl methyl sites for hydroxylation is 1. The number of rotatable bonds is 4. The number of benzene rings is 2. The zero-order chi connectivity index (χ0) is 13.8. The molecule has 98 valence electrons. The van der Waals surface area contributed by atoms with Gasteiger partial charge in [-0.15, -0.1) is 0 Å². The first kappa shape index (κ1) is 13.9. The Morgan fingerprint density at radius 2 is 1.68 bits per heavy atom. The second-order valence-corrected chi connectivity index (χ2v) is 4.56.